The summed E-state index contributed by atoms with van der Waals surface area (Å²) in [5, 5.41) is 1.90. The van der Waals surface area contributed by atoms with Gasteiger partial charge >= 0.3 is 0 Å². The van der Waals surface area contributed by atoms with Crippen LogP contribution in [0.4, 0.5) is 0 Å². The second-order valence-corrected chi connectivity index (χ2v) is 9.31. The van der Waals surface area contributed by atoms with Crippen LogP contribution in [0, 0.1) is 5.41 Å². The van der Waals surface area contributed by atoms with E-state index in [1.807, 2.05) is 12.1 Å². The SMILES string of the molecule is CC1=NC2(ON1C)c1cc(C3CC3)ccc1CC21CCc2ccccc2CC1. The molecule has 3 nitrogen and oxygen atoms in total. The van der Waals surface area contributed by atoms with Crippen molar-refractivity contribution in [3.63, 3.8) is 0 Å². The molecule has 0 saturated heterocycles. The Morgan fingerprint density at radius 1 is 1.00 bits per heavy atom. The first kappa shape index (κ1) is 16.8. The van der Waals surface area contributed by atoms with Gasteiger partial charge in [0.1, 0.15) is 5.84 Å². The second-order valence-electron chi connectivity index (χ2n) is 9.31. The van der Waals surface area contributed by atoms with Crippen molar-refractivity contribution in [3.05, 3.63) is 70.3 Å². The molecule has 0 N–H and O–H groups in total. The zero-order valence-corrected chi connectivity index (χ0v) is 16.9. The van der Waals surface area contributed by atoms with Gasteiger partial charge in [0.2, 0.25) is 5.72 Å². The Hall–Kier alpha value is -2.13. The molecule has 1 aliphatic heterocycles. The lowest BCUT2D eigenvalue weighted by atomic mass is 9.71. The molecule has 1 saturated carbocycles. The fourth-order valence-electron chi connectivity index (χ4n) is 5.85. The van der Waals surface area contributed by atoms with Crippen molar-refractivity contribution in [2.75, 3.05) is 7.05 Å². The van der Waals surface area contributed by atoms with Crippen LogP contribution in [0.3, 0.4) is 0 Å². The number of hydroxylamine groups is 2. The van der Waals surface area contributed by atoms with Gasteiger partial charge in [0, 0.05) is 18.0 Å². The van der Waals surface area contributed by atoms with E-state index < -0.39 is 5.72 Å². The number of hydrogen-bond donors (Lipinski definition) is 0. The number of amidine groups is 1. The highest BCUT2D eigenvalue weighted by Crippen LogP contribution is 2.61. The molecule has 1 atom stereocenters. The topological polar surface area (TPSA) is 24.8 Å². The van der Waals surface area contributed by atoms with E-state index in [1.54, 1.807) is 0 Å². The molecule has 0 bridgehead atoms. The van der Waals surface area contributed by atoms with E-state index in [0.717, 1.165) is 43.9 Å². The number of rotatable bonds is 1. The Morgan fingerprint density at radius 2 is 1.71 bits per heavy atom. The molecule has 2 spiro atoms. The van der Waals surface area contributed by atoms with Gasteiger partial charge in [-0.1, -0.05) is 42.5 Å². The van der Waals surface area contributed by atoms with E-state index in [0.29, 0.717) is 0 Å². The molecule has 2 aromatic rings. The highest BCUT2D eigenvalue weighted by Gasteiger charge is 2.62. The zero-order chi connectivity index (χ0) is 18.9. The maximum absolute atomic E-state index is 6.68. The molecule has 3 aliphatic carbocycles. The summed E-state index contributed by atoms with van der Waals surface area (Å²) in [6, 6.07) is 16.2. The smallest absolute Gasteiger partial charge is 0.218 e. The molecule has 28 heavy (non-hydrogen) atoms. The van der Waals surface area contributed by atoms with Crippen LogP contribution < -0.4 is 0 Å². The van der Waals surface area contributed by atoms with Gasteiger partial charge in [0.05, 0.1) is 0 Å². The van der Waals surface area contributed by atoms with Crippen LogP contribution in [-0.2, 0) is 29.8 Å². The fourth-order valence-corrected chi connectivity index (χ4v) is 5.85. The highest BCUT2D eigenvalue weighted by atomic mass is 16.7. The third-order valence-electron chi connectivity index (χ3n) is 7.70. The number of benzene rings is 2. The van der Waals surface area contributed by atoms with Crippen molar-refractivity contribution in [1.29, 1.82) is 0 Å². The number of fused-ring (bicyclic) bond motifs is 4. The quantitative estimate of drug-likeness (QED) is 0.693. The zero-order valence-electron chi connectivity index (χ0n) is 16.9. The summed E-state index contributed by atoms with van der Waals surface area (Å²) in [4.78, 5) is 11.9. The summed E-state index contributed by atoms with van der Waals surface area (Å²) < 4.78 is 0. The number of hydrogen-bond acceptors (Lipinski definition) is 3. The number of aliphatic imine (C=N–C) groups is 1. The molecule has 2 aromatic carbocycles. The van der Waals surface area contributed by atoms with Crippen LogP contribution in [-0.4, -0.2) is 17.9 Å². The maximum Gasteiger partial charge on any atom is 0.218 e. The van der Waals surface area contributed by atoms with Crippen LogP contribution in [0.1, 0.15) is 66.3 Å². The molecule has 3 heteroatoms. The highest BCUT2D eigenvalue weighted by molar-refractivity contribution is 5.80. The van der Waals surface area contributed by atoms with Crippen LogP contribution in [0.15, 0.2) is 47.5 Å². The van der Waals surface area contributed by atoms with Crippen molar-refractivity contribution in [3.8, 4) is 0 Å². The van der Waals surface area contributed by atoms with Gasteiger partial charge in [0.15, 0.2) is 0 Å². The molecular formula is C25H28N2O. The van der Waals surface area contributed by atoms with Crippen molar-refractivity contribution in [2.24, 2.45) is 10.4 Å². The second kappa shape index (κ2) is 5.70. The molecule has 1 heterocycles. The normalized spacial score (nSPS) is 27.6. The monoisotopic (exact) mass is 372 g/mol. The molecule has 0 aromatic heterocycles. The molecule has 4 aliphatic rings. The van der Waals surface area contributed by atoms with Gasteiger partial charge in [-0.2, -0.15) is 0 Å². The van der Waals surface area contributed by atoms with Crippen LogP contribution in [0.25, 0.3) is 0 Å². The predicted molar refractivity (Wildman–Crippen MR) is 111 cm³/mol. The summed E-state index contributed by atoms with van der Waals surface area (Å²) in [5.41, 5.74) is 6.77. The number of aryl methyl sites for hydroxylation is 2. The third-order valence-corrected chi connectivity index (χ3v) is 7.70. The van der Waals surface area contributed by atoms with E-state index in [-0.39, 0.29) is 5.41 Å². The van der Waals surface area contributed by atoms with E-state index in [9.17, 15) is 0 Å². The summed E-state index contributed by atoms with van der Waals surface area (Å²) in [5.74, 6) is 1.74. The van der Waals surface area contributed by atoms with E-state index >= 15 is 0 Å². The first-order valence-corrected chi connectivity index (χ1v) is 10.8. The van der Waals surface area contributed by atoms with Gasteiger partial charge in [-0.3, -0.25) is 0 Å². The fraction of sp³-hybridized carbons (Fsp3) is 0.480. The first-order chi connectivity index (χ1) is 13.6. The summed E-state index contributed by atoms with van der Waals surface area (Å²) >= 11 is 0. The minimum atomic E-state index is -0.548. The van der Waals surface area contributed by atoms with E-state index in [4.69, 9.17) is 9.83 Å². The van der Waals surface area contributed by atoms with Crippen molar-refractivity contribution in [1.82, 2.24) is 5.06 Å². The van der Waals surface area contributed by atoms with E-state index in [2.05, 4.69) is 49.4 Å². The standard InChI is InChI=1S/C25H28N2O/c1-17-26-25(28-27(17)2)23-15-21(20-7-8-20)9-10-22(23)16-24(25)13-11-18-5-3-4-6-19(18)12-14-24/h3-6,9-10,15,20H,7-8,11-14,16H2,1-2H3. The Morgan fingerprint density at radius 3 is 2.32 bits per heavy atom. The molecule has 144 valence electrons. The summed E-state index contributed by atoms with van der Waals surface area (Å²) in [6.07, 6.45) is 8.21. The minimum Gasteiger partial charge on any atom is -0.240 e. The van der Waals surface area contributed by atoms with Gasteiger partial charge in [-0.15, -0.1) is 0 Å². The van der Waals surface area contributed by atoms with Gasteiger partial charge < -0.3 is 0 Å². The first-order valence-electron chi connectivity index (χ1n) is 10.8. The van der Waals surface area contributed by atoms with Gasteiger partial charge in [-0.05, 0) is 80.0 Å². The lowest BCUT2D eigenvalue weighted by Gasteiger charge is -2.40. The van der Waals surface area contributed by atoms with Crippen LogP contribution >= 0.6 is 0 Å². The van der Waals surface area contributed by atoms with Crippen molar-refractivity contribution in [2.45, 2.75) is 63.5 Å². The van der Waals surface area contributed by atoms with Crippen LogP contribution in [0.2, 0.25) is 0 Å². The van der Waals surface area contributed by atoms with Crippen molar-refractivity contribution >= 4 is 5.84 Å². The number of nitrogens with zero attached hydrogens (tertiary/aromatic N) is 2. The van der Waals surface area contributed by atoms with Crippen molar-refractivity contribution < 1.29 is 4.84 Å². The molecule has 6 rings (SSSR count). The van der Waals surface area contributed by atoms with Gasteiger partial charge in [0.25, 0.3) is 0 Å². The third kappa shape index (κ3) is 2.23. The Labute approximate surface area is 167 Å². The lowest BCUT2D eigenvalue weighted by Crippen LogP contribution is -2.43. The Balaban J connectivity index is 1.49. The average molecular weight is 373 g/mol. The largest absolute Gasteiger partial charge is 0.240 e. The molecule has 0 radical (unpaired) electrons. The summed E-state index contributed by atoms with van der Waals surface area (Å²) in [7, 11) is 2.01. The Kier molecular flexibility index (Phi) is 3.42. The lowest BCUT2D eigenvalue weighted by molar-refractivity contribution is -0.224. The van der Waals surface area contributed by atoms with Gasteiger partial charge in [-0.25, -0.2) is 14.9 Å². The minimum absolute atomic E-state index is 0.0303. The Bertz CT molecular complexity index is 963. The predicted octanol–water partition coefficient (Wildman–Crippen LogP) is 5.13. The van der Waals surface area contributed by atoms with E-state index in [1.165, 1.54) is 40.7 Å². The molecule has 0 amide bonds. The summed E-state index contributed by atoms with van der Waals surface area (Å²) in [6.45, 7) is 2.08. The molecule has 1 fully saturated rings. The molecular weight excluding hydrogens is 344 g/mol. The van der Waals surface area contributed by atoms with Crippen LogP contribution in [0.5, 0.6) is 0 Å². The molecule has 1 unspecified atom stereocenters. The maximum atomic E-state index is 6.68. The average Bonchev–Trinajstić information content (AvgIpc) is 3.48.